The van der Waals surface area contributed by atoms with Crippen LogP contribution in [-0.2, 0) is 6.67 Å². The van der Waals surface area contributed by atoms with E-state index in [-0.39, 0.29) is 18.9 Å². The molecule has 0 radical (unpaired) electrons. The van der Waals surface area contributed by atoms with Gasteiger partial charge in [0, 0.05) is 25.1 Å². The van der Waals surface area contributed by atoms with Crippen molar-refractivity contribution in [3.8, 4) is 5.82 Å². The second kappa shape index (κ2) is 6.22. The highest BCUT2D eigenvalue weighted by atomic mass is 19.3. The Kier molecular flexibility index (Phi) is 4.28. The minimum Gasteiger partial charge on any atom is -0.367 e. The monoisotopic (exact) mass is 324 g/mol. The third kappa shape index (κ3) is 3.83. The van der Waals surface area contributed by atoms with E-state index in [0.717, 1.165) is 5.56 Å². The Labute approximate surface area is 132 Å². The van der Waals surface area contributed by atoms with Crippen molar-refractivity contribution in [1.29, 1.82) is 0 Å². The molecule has 0 bridgehead atoms. The summed E-state index contributed by atoms with van der Waals surface area (Å²) in [5.41, 5.74) is 1.31. The first kappa shape index (κ1) is 15.8. The quantitative estimate of drug-likeness (QED) is 0.923. The molecule has 0 saturated heterocycles. The zero-order valence-corrected chi connectivity index (χ0v) is 12.9. The van der Waals surface area contributed by atoms with Gasteiger partial charge in [-0.1, -0.05) is 0 Å². The number of nitrogens with one attached hydrogen (secondary N) is 1. The lowest BCUT2D eigenvalue weighted by atomic mass is 9.92. The molecule has 3 rings (SSSR count). The number of halogens is 3. The molecule has 1 aliphatic rings. The molecule has 0 unspecified atom stereocenters. The van der Waals surface area contributed by atoms with E-state index in [1.807, 2.05) is 19.1 Å². The standard InChI is InChI=1S/C16H19F3N4/c1-11-8-14(20-12-2-5-16(18,19)6-3-12)21-15(9-11)23-7-4-13(10-17)22-23/h4,7-9,12H,2-3,5-6,10H2,1H3,(H,20,21). The molecule has 2 heterocycles. The summed E-state index contributed by atoms with van der Waals surface area (Å²) in [6, 6.07) is 5.31. The smallest absolute Gasteiger partial charge is 0.248 e. The molecule has 1 fully saturated rings. The summed E-state index contributed by atoms with van der Waals surface area (Å²) in [6.45, 7) is 1.30. The van der Waals surface area contributed by atoms with Crippen LogP contribution in [0.2, 0.25) is 0 Å². The van der Waals surface area contributed by atoms with E-state index in [2.05, 4.69) is 15.4 Å². The molecule has 7 heteroatoms. The highest BCUT2D eigenvalue weighted by molar-refractivity contribution is 5.44. The molecule has 0 spiro atoms. The predicted octanol–water partition coefficient (Wildman–Crippen LogP) is 4.04. The van der Waals surface area contributed by atoms with Crippen molar-refractivity contribution in [1.82, 2.24) is 14.8 Å². The van der Waals surface area contributed by atoms with Gasteiger partial charge in [0.05, 0.1) is 5.69 Å². The van der Waals surface area contributed by atoms with Gasteiger partial charge in [0.15, 0.2) is 5.82 Å². The van der Waals surface area contributed by atoms with E-state index < -0.39 is 12.6 Å². The number of aromatic nitrogens is 3. The SMILES string of the molecule is Cc1cc(NC2CCC(F)(F)CC2)nc(-n2ccc(CF)n2)c1. The van der Waals surface area contributed by atoms with Gasteiger partial charge < -0.3 is 5.32 Å². The first-order valence-electron chi connectivity index (χ1n) is 7.69. The van der Waals surface area contributed by atoms with Crippen molar-refractivity contribution >= 4 is 5.82 Å². The molecule has 0 aliphatic heterocycles. The minimum absolute atomic E-state index is 0.00389. The van der Waals surface area contributed by atoms with Crippen LogP contribution in [0, 0.1) is 6.92 Å². The molecule has 0 aromatic carbocycles. The molecule has 23 heavy (non-hydrogen) atoms. The minimum atomic E-state index is -2.54. The predicted molar refractivity (Wildman–Crippen MR) is 81.7 cm³/mol. The van der Waals surface area contributed by atoms with Crippen molar-refractivity contribution in [2.75, 3.05) is 5.32 Å². The highest BCUT2D eigenvalue weighted by Crippen LogP contribution is 2.34. The van der Waals surface area contributed by atoms with Crippen molar-refractivity contribution in [3.63, 3.8) is 0 Å². The van der Waals surface area contributed by atoms with E-state index in [0.29, 0.717) is 30.2 Å². The van der Waals surface area contributed by atoms with E-state index >= 15 is 0 Å². The number of pyridine rings is 1. The number of aryl methyl sites for hydroxylation is 1. The third-order valence-corrected chi connectivity index (χ3v) is 4.04. The van der Waals surface area contributed by atoms with Gasteiger partial charge in [-0.2, -0.15) is 5.10 Å². The molecule has 0 atom stereocenters. The van der Waals surface area contributed by atoms with E-state index in [4.69, 9.17) is 0 Å². The van der Waals surface area contributed by atoms with Crippen LogP contribution in [0.1, 0.15) is 36.9 Å². The van der Waals surface area contributed by atoms with Gasteiger partial charge in [-0.15, -0.1) is 0 Å². The maximum absolute atomic E-state index is 13.2. The number of alkyl halides is 3. The summed E-state index contributed by atoms with van der Waals surface area (Å²) in [5, 5.41) is 7.33. The number of hydrogen-bond acceptors (Lipinski definition) is 3. The number of rotatable bonds is 4. The lowest BCUT2D eigenvalue weighted by Gasteiger charge is -2.29. The van der Waals surface area contributed by atoms with Gasteiger partial charge in [-0.25, -0.2) is 22.8 Å². The van der Waals surface area contributed by atoms with Gasteiger partial charge >= 0.3 is 0 Å². The Morgan fingerprint density at radius 1 is 1.30 bits per heavy atom. The van der Waals surface area contributed by atoms with E-state index in [1.165, 1.54) is 4.68 Å². The highest BCUT2D eigenvalue weighted by Gasteiger charge is 2.34. The van der Waals surface area contributed by atoms with Crippen LogP contribution in [0.3, 0.4) is 0 Å². The fourth-order valence-electron chi connectivity index (χ4n) is 2.79. The lowest BCUT2D eigenvalue weighted by Crippen LogP contribution is -2.32. The molecule has 1 aliphatic carbocycles. The summed E-state index contributed by atoms with van der Waals surface area (Å²) in [7, 11) is 0. The summed E-state index contributed by atoms with van der Waals surface area (Å²) in [4.78, 5) is 4.46. The van der Waals surface area contributed by atoms with E-state index in [1.54, 1.807) is 12.3 Å². The van der Waals surface area contributed by atoms with Crippen molar-refractivity contribution in [3.05, 3.63) is 35.7 Å². The van der Waals surface area contributed by atoms with E-state index in [9.17, 15) is 13.2 Å². The van der Waals surface area contributed by atoms with Gasteiger partial charge in [0.1, 0.15) is 12.5 Å². The number of hydrogen-bond donors (Lipinski definition) is 1. The van der Waals surface area contributed by atoms with Crippen molar-refractivity contribution < 1.29 is 13.2 Å². The fourth-order valence-corrected chi connectivity index (χ4v) is 2.79. The fraction of sp³-hybridized carbons (Fsp3) is 0.500. The molecule has 124 valence electrons. The summed E-state index contributed by atoms with van der Waals surface area (Å²) in [5.74, 6) is -1.33. The zero-order valence-electron chi connectivity index (χ0n) is 12.9. The molecular formula is C16H19F3N4. The molecule has 4 nitrogen and oxygen atoms in total. The van der Waals surface area contributed by atoms with Crippen LogP contribution in [0.5, 0.6) is 0 Å². The summed E-state index contributed by atoms with van der Waals surface area (Å²) >= 11 is 0. The number of nitrogens with zero attached hydrogens (tertiary/aromatic N) is 3. The van der Waals surface area contributed by atoms with Gasteiger partial charge in [-0.05, 0) is 43.5 Å². The van der Waals surface area contributed by atoms with Crippen LogP contribution in [-0.4, -0.2) is 26.7 Å². The molecular weight excluding hydrogens is 305 g/mol. The van der Waals surface area contributed by atoms with Crippen molar-refractivity contribution in [2.45, 2.75) is 51.2 Å². The summed E-state index contributed by atoms with van der Waals surface area (Å²) in [6.07, 6.45) is 2.31. The van der Waals surface area contributed by atoms with Crippen molar-refractivity contribution in [2.24, 2.45) is 0 Å². The van der Waals surface area contributed by atoms with Crippen LogP contribution in [0.4, 0.5) is 19.0 Å². The Morgan fingerprint density at radius 3 is 2.70 bits per heavy atom. The average Bonchev–Trinajstić information content (AvgIpc) is 2.98. The Bertz CT molecular complexity index is 674. The molecule has 2 aromatic heterocycles. The normalized spacial score (nSPS) is 18.1. The Hall–Kier alpha value is -2.05. The first-order chi connectivity index (χ1) is 10.9. The maximum Gasteiger partial charge on any atom is 0.248 e. The Morgan fingerprint density at radius 2 is 2.04 bits per heavy atom. The molecule has 2 aromatic rings. The zero-order chi connectivity index (χ0) is 16.4. The summed E-state index contributed by atoms with van der Waals surface area (Å²) < 4.78 is 40.6. The number of anilines is 1. The average molecular weight is 324 g/mol. The Balaban J connectivity index is 1.75. The second-order valence-corrected chi connectivity index (χ2v) is 6.05. The molecule has 0 amide bonds. The van der Waals surface area contributed by atoms with Crippen LogP contribution in [0.25, 0.3) is 5.82 Å². The van der Waals surface area contributed by atoms with Crippen LogP contribution >= 0.6 is 0 Å². The first-order valence-corrected chi connectivity index (χ1v) is 7.69. The second-order valence-electron chi connectivity index (χ2n) is 6.05. The lowest BCUT2D eigenvalue weighted by molar-refractivity contribution is -0.0361. The van der Waals surface area contributed by atoms with Gasteiger partial charge in [-0.3, -0.25) is 0 Å². The third-order valence-electron chi connectivity index (χ3n) is 4.04. The molecule has 1 saturated carbocycles. The van der Waals surface area contributed by atoms with Crippen LogP contribution in [0.15, 0.2) is 24.4 Å². The van der Waals surface area contributed by atoms with Crippen LogP contribution < -0.4 is 5.32 Å². The topological polar surface area (TPSA) is 42.7 Å². The largest absolute Gasteiger partial charge is 0.367 e. The molecule has 1 N–H and O–H groups in total. The van der Waals surface area contributed by atoms with Gasteiger partial charge in [0.2, 0.25) is 5.92 Å². The van der Waals surface area contributed by atoms with Gasteiger partial charge in [0.25, 0.3) is 0 Å². The maximum atomic E-state index is 13.2.